The van der Waals surface area contributed by atoms with Gasteiger partial charge in [0.05, 0.1) is 6.61 Å². The number of benzene rings is 1. The van der Waals surface area contributed by atoms with Crippen LogP contribution in [0.5, 0.6) is 0 Å². The first-order valence-electron chi connectivity index (χ1n) is 24.6. The number of allylic oxidation sites excluding steroid dienone is 1. The van der Waals surface area contributed by atoms with Crippen LogP contribution in [0, 0.1) is 5.92 Å². The monoisotopic (exact) mass is 766 g/mol. The first kappa shape index (κ1) is 51.6. The molecule has 0 atom stereocenters. The second-order valence-electron chi connectivity index (χ2n) is 17.6. The molecule has 55 heavy (non-hydrogen) atoms. The summed E-state index contributed by atoms with van der Waals surface area (Å²) in [5.41, 5.74) is 4.44. The largest absolute Gasteiger partial charge is 0.395 e. The molecule has 0 bridgehead atoms. The van der Waals surface area contributed by atoms with Gasteiger partial charge in [-0.15, -0.1) is 0 Å². The summed E-state index contributed by atoms with van der Waals surface area (Å²) in [6.45, 7) is 14.5. The molecule has 0 unspecified atom stereocenters. The van der Waals surface area contributed by atoms with Crippen LogP contribution in [-0.2, 0) is 17.6 Å². The Morgan fingerprint density at radius 3 is 1.53 bits per heavy atom. The van der Waals surface area contributed by atoms with Crippen molar-refractivity contribution in [2.24, 2.45) is 5.92 Å². The smallest absolute Gasteiger partial charge is 0.133 e. The fraction of sp³-hybridized carbons (Fsp3) is 0.827. The first-order valence-corrected chi connectivity index (χ1v) is 24.6. The van der Waals surface area contributed by atoms with Crippen molar-refractivity contribution in [3.63, 3.8) is 0 Å². The minimum absolute atomic E-state index is 0.257. The van der Waals surface area contributed by atoms with Crippen LogP contribution < -0.4 is 0 Å². The van der Waals surface area contributed by atoms with E-state index in [1.54, 1.807) is 0 Å². The molecule has 1 aromatic carbocycles. The number of nitrogens with zero attached hydrogens (tertiary/aromatic N) is 1. The van der Waals surface area contributed by atoms with Crippen LogP contribution in [0.1, 0.15) is 244 Å². The average Bonchev–Trinajstić information content (AvgIpc) is 3.18. The van der Waals surface area contributed by atoms with Crippen molar-refractivity contribution in [1.29, 1.82) is 0 Å². The second kappa shape index (κ2) is 39.4. The zero-order valence-electron chi connectivity index (χ0n) is 37.5. The van der Waals surface area contributed by atoms with Gasteiger partial charge in [0.15, 0.2) is 0 Å². The number of carbonyl (C=O) groups excluding carboxylic acids is 1. The summed E-state index contributed by atoms with van der Waals surface area (Å²) in [6, 6.07) is 9.29. The predicted molar refractivity (Wildman–Crippen MR) is 244 cm³/mol. The van der Waals surface area contributed by atoms with Crippen LogP contribution in [0.2, 0.25) is 0 Å². The molecule has 0 fully saturated rings. The molecule has 0 saturated carbocycles. The summed E-state index contributed by atoms with van der Waals surface area (Å²) in [4.78, 5) is 15.4. The third kappa shape index (κ3) is 33.2. The van der Waals surface area contributed by atoms with Gasteiger partial charge in [-0.2, -0.15) is 0 Å². The molecule has 320 valence electrons. The maximum atomic E-state index is 13.0. The Morgan fingerprint density at radius 1 is 0.545 bits per heavy atom. The van der Waals surface area contributed by atoms with E-state index in [1.807, 2.05) is 0 Å². The van der Waals surface area contributed by atoms with E-state index in [0.717, 1.165) is 45.3 Å². The molecule has 0 aromatic heterocycles. The van der Waals surface area contributed by atoms with E-state index in [2.05, 4.69) is 56.5 Å². The van der Waals surface area contributed by atoms with Gasteiger partial charge in [0.25, 0.3) is 0 Å². The van der Waals surface area contributed by atoms with Gasteiger partial charge in [-0.25, -0.2) is 0 Å². The minimum Gasteiger partial charge on any atom is -0.395 e. The molecule has 1 rings (SSSR count). The molecule has 0 heterocycles. The Bertz CT molecular complexity index is 972. The van der Waals surface area contributed by atoms with Crippen LogP contribution in [0.15, 0.2) is 36.4 Å². The van der Waals surface area contributed by atoms with Crippen molar-refractivity contribution < 1.29 is 9.90 Å². The second-order valence-corrected chi connectivity index (χ2v) is 17.6. The van der Waals surface area contributed by atoms with E-state index in [9.17, 15) is 9.90 Å². The highest BCUT2D eigenvalue weighted by molar-refractivity contribution is 5.78. The normalized spacial score (nSPS) is 11.7. The lowest BCUT2D eigenvalue weighted by molar-refractivity contribution is -0.120. The quantitative estimate of drug-likeness (QED) is 0.0532. The first-order chi connectivity index (χ1) is 27.0. The van der Waals surface area contributed by atoms with Gasteiger partial charge in [-0.05, 0) is 94.3 Å². The Balaban J connectivity index is 2.11. The molecule has 1 aromatic rings. The molecular weight excluding hydrogens is 671 g/mol. The summed E-state index contributed by atoms with van der Waals surface area (Å²) in [7, 11) is 0. The van der Waals surface area contributed by atoms with Gasteiger partial charge in [0.1, 0.15) is 5.78 Å². The molecule has 0 amide bonds. The number of rotatable bonds is 43. The SMILES string of the molecule is C=C(CCCCCCCN(CCO)CCCCCCCC(=O)CC(CCCCCCCC)CCCCCCCC)CCCc1cccc(CCCCCC)c1. The van der Waals surface area contributed by atoms with Gasteiger partial charge in [-0.1, -0.05) is 205 Å². The molecule has 3 nitrogen and oxygen atoms in total. The van der Waals surface area contributed by atoms with E-state index >= 15 is 0 Å². The number of hydrogen-bond donors (Lipinski definition) is 1. The van der Waals surface area contributed by atoms with Gasteiger partial charge in [-0.3, -0.25) is 4.79 Å². The summed E-state index contributed by atoms with van der Waals surface area (Å²) < 4.78 is 0. The van der Waals surface area contributed by atoms with E-state index in [-0.39, 0.29) is 6.61 Å². The summed E-state index contributed by atoms with van der Waals surface area (Å²) >= 11 is 0. The number of ketones is 1. The minimum atomic E-state index is 0.257. The van der Waals surface area contributed by atoms with Crippen LogP contribution >= 0.6 is 0 Å². The highest BCUT2D eigenvalue weighted by atomic mass is 16.3. The van der Waals surface area contributed by atoms with Crippen molar-refractivity contribution >= 4 is 5.78 Å². The highest BCUT2D eigenvalue weighted by Gasteiger charge is 2.14. The Kier molecular flexibility index (Phi) is 36.9. The van der Waals surface area contributed by atoms with E-state index in [1.165, 1.54) is 216 Å². The molecule has 0 aliphatic carbocycles. The number of unbranched alkanes of at least 4 members (excludes halogenated alkanes) is 21. The zero-order chi connectivity index (χ0) is 39.9. The van der Waals surface area contributed by atoms with Crippen molar-refractivity contribution in [3.8, 4) is 0 Å². The number of Topliss-reactive ketones (excluding diaryl/α,β-unsaturated/α-hetero) is 1. The van der Waals surface area contributed by atoms with E-state index < -0.39 is 0 Å². The molecule has 3 heteroatoms. The number of hydrogen-bond acceptors (Lipinski definition) is 3. The summed E-state index contributed by atoms with van der Waals surface area (Å²) in [5.74, 6) is 1.16. The van der Waals surface area contributed by atoms with Crippen molar-refractivity contribution in [1.82, 2.24) is 4.90 Å². The molecule has 0 radical (unpaired) electrons. The van der Waals surface area contributed by atoms with Crippen LogP contribution in [0.4, 0.5) is 0 Å². The summed E-state index contributed by atoms with van der Waals surface area (Å²) in [5, 5.41) is 9.64. The van der Waals surface area contributed by atoms with Crippen molar-refractivity contribution in [2.45, 2.75) is 245 Å². The maximum Gasteiger partial charge on any atom is 0.133 e. The Labute approximate surface area is 344 Å². The van der Waals surface area contributed by atoms with Crippen LogP contribution in [0.3, 0.4) is 0 Å². The lowest BCUT2D eigenvalue weighted by Crippen LogP contribution is -2.29. The van der Waals surface area contributed by atoms with Crippen LogP contribution in [-0.4, -0.2) is 42.0 Å². The molecule has 0 aliphatic rings. The van der Waals surface area contributed by atoms with Gasteiger partial charge < -0.3 is 10.0 Å². The number of aliphatic hydroxyl groups excluding tert-OH is 1. The van der Waals surface area contributed by atoms with Gasteiger partial charge >= 0.3 is 0 Å². The zero-order valence-corrected chi connectivity index (χ0v) is 37.5. The number of carbonyl (C=O) groups is 1. The maximum absolute atomic E-state index is 13.0. The molecule has 0 saturated heterocycles. The van der Waals surface area contributed by atoms with Gasteiger partial charge in [0, 0.05) is 19.4 Å². The van der Waals surface area contributed by atoms with Crippen LogP contribution in [0.25, 0.3) is 0 Å². The van der Waals surface area contributed by atoms with Crippen molar-refractivity contribution in [3.05, 3.63) is 47.5 Å². The fourth-order valence-corrected chi connectivity index (χ4v) is 8.47. The molecule has 1 N–H and O–H groups in total. The third-order valence-electron chi connectivity index (χ3n) is 12.1. The predicted octanol–water partition coefficient (Wildman–Crippen LogP) is 15.7. The lowest BCUT2D eigenvalue weighted by Gasteiger charge is -2.21. The third-order valence-corrected chi connectivity index (χ3v) is 12.1. The number of aryl methyl sites for hydroxylation is 2. The Hall–Kier alpha value is -1.45. The summed E-state index contributed by atoms with van der Waals surface area (Å²) in [6.07, 6.45) is 44.0. The van der Waals surface area contributed by atoms with E-state index in [4.69, 9.17) is 0 Å². The topological polar surface area (TPSA) is 40.5 Å². The fourth-order valence-electron chi connectivity index (χ4n) is 8.47. The highest BCUT2D eigenvalue weighted by Crippen LogP contribution is 2.24. The van der Waals surface area contributed by atoms with Gasteiger partial charge in [0.2, 0.25) is 0 Å². The molecule has 0 aliphatic heterocycles. The standard InChI is InChI=1S/C52H95NO2/c1-5-8-11-14-19-26-36-51(37-27-20-15-12-9-6-2)47-52(55)41-28-21-17-23-30-43-53(44-45-54)42-29-22-16-18-24-33-48(4)34-31-38-50-40-32-39-49(46-50)35-25-13-10-7-3/h32,39-40,46,51,54H,4-31,33-38,41-45,47H2,1-3H3. The average molecular weight is 766 g/mol. The Morgan fingerprint density at radius 2 is 0.982 bits per heavy atom. The molecular formula is C52H95NO2. The lowest BCUT2D eigenvalue weighted by atomic mass is 9.89. The van der Waals surface area contributed by atoms with Crippen molar-refractivity contribution in [2.75, 3.05) is 26.2 Å². The van der Waals surface area contributed by atoms with E-state index in [0.29, 0.717) is 11.7 Å². The number of aliphatic hydroxyl groups is 1. The molecule has 0 spiro atoms.